The molecule has 6 nitrogen and oxygen atoms in total. The molecule has 6 heteroatoms. The molecule has 3 aromatic rings. The van der Waals surface area contributed by atoms with Gasteiger partial charge < -0.3 is 0 Å². The molecule has 0 saturated heterocycles. The standard InChI is InChI=1S/C15H19N5O/c1-2-3-4-5-6-13-11-20(19-16-13)10-12-7-8-14-15(9-12)18-21-17-14/h7-9,11H,2-6,10H2,1H3. The van der Waals surface area contributed by atoms with Gasteiger partial charge in [0.15, 0.2) is 0 Å². The largest absolute Gasteiger partial charge is 0.248 e. The quantitative estimate of drug-likeness (QED) is 0.624. The van der Waals surface area contributed by atoms with Crippen LogP contribution in [0.1, 0.15) is 43.9 Å². The predicted molar refractivity (Wildman–Crippen MR) is 78.8 cm³/mol. The van der Waals surface area contributed by atoms with Crippen molar-refractivity contribution < 1.29 is 4.63 Å². The third kappa shape index (κ3) is 3.45. The van der Waals surface area contributed by atoms with E-state index in [2.05, 4.69) is 27.5 Å². The second kappa shape index (κ2) is 6.47. The average molecular weight is 285 g/mol. The lowest BCUT2D eigenvalue weighted by Gasteiger charge is -2.00. The third-order valence-electron chi connectivity index (χ3n) is 3.54. The first-order valence-corrected chi connectivity index (χ1v) is 7.45. The molecule has 0 fully saturated rings. The molecule has 21 heavy (non-hydrogen) atoms. The molecule has 0 N–H and O–H groups in total. The molecule has 1 aromatic carbocycles. The van der Waals surface area contributed by atoms with Gasteiger partial charge in [0.2, 0.25) is 0 Å². The molecule has 2 aromatic heterocycles. The van der Waals surface area contributed by atoms with Gasteiger partial charge in [0.25, 0.3) is 0 Å². The van der Waals surface area contributed by atoms with Crippen molar-refractivity contribution >= 4 is 11.0 Å². The lowest BCUT2D eigenvalue weighted by molar-refractivity contribution is 0.315. The van der Waals surface area contributed by atoms with Crippen LogP contribution in [0.25, 0.3) is 11.0 Å². The van der Waals surface area contributed by atoms with Crippen molar-refractivity contribution in [1.82, 2.24) is 25.3 Å². The second-order valence-electron chi connectivity index (χ2n) is 5.31. The Morgan fingerprint density at radius 3 is 2.90 bits per heavy atom. The molecule has 0 bridgehead atoms. The fraction of sp³-hybridized carbons (Fsp3) is 0.467. The Hall–Kier alpha value is -2.24. The summed E-state index contributed by atoms with van der Waals surface area (Å²) in [5.74, 6) is 0. The summed E-state index contributed by atoms with van der Waals surface area (Å²) in [7, 11) is 0. The van der Waals surface area contributed by atoms with Crippen molar-refractivity contribution in [2.45, 2.75) is 45.6 Å². The summed E-state index contributed by atoms with van der Waals surface area (Å²) in [4.78, 5) is 0. The first kappa shape index (κ1) is 13.7. The SMILES string of the molecule is CCCCCCc1cn(Cc2ccc3nonc3c2)nn1. The van der Waals surface area contributed by atoms with E-state index in [1.54, 1.807) is 0 Å². The van der Waals surface area contributed by atoms with Gasteiger partial charge >= 0.3 is 0 Å². The molecule has 0 radical (unpaired) electrons. The van der Waals surface area contributed by atoms with Crippen LogP contribution in [0.3, 0.4) is 0 Å². The highest BCUT2D eigenvalue weighted by atomic mass is 16.6. The normalized spacial score (nSPS) is 11.3. The number of aromatic nitrogens is 5. The first-order chi connectivity index (χ1) is 10.3. The van der Waals surface area contributed by atoms with Gasteiger partial charge in [-0.2, -0.15) is 0 Å². The van der Waals surface area contributed by atoms with E-state index < -0.39 is 0 Å². The molecule has 0 saturated carbocycles. The summed E-state index contributed by atoms with van der Waals surface area (Å²) in [5.41, 5.74) is 3.72. The van der Waals surface area contributed by atoms with Gasteiger partial charge in [0, 0.05) is 6.20 Å². The fourth-order valence-electron chi connectivity index (χ4n) is 2.38. The Morgan fingerprint density at radius 1 is 1.10 bits per heavy atom. The Morgan fingerprint density at radius 2 is 2.00 bits per heavy atom. The van der Waals surface area contributed by atoms with Gasteiger partial charge in [0.05, 0.1) is 12.2 Å². The molecule has 2 heterocycles. The molecule has 0 atom stereocenters. The molecule has 0 amide bonds. The molecule has 3 rings (SSSR count). The highest BCUT2D eigenvalue weighted by molar-refractivity contribution is 5.73. The van der Waals surface area contributed by atoms with Crippen LogP contribution in [0.15, 0.2) is 29.0 Å². The number of rotatable bonds is 7. The number of benzene rings is 1. The van der Waals surface area contributed by atoms with Crippen LogP contribution >= 0.6 is 0 Å². The van der Waals surface area contributed by atoms with Crippen LogP contribution in [0.2, 0.25) is 0 Å². The molecule has 0 spiro atoms. The number of fused-ring (bicyclic) bond motifs is 1. The summed E-state index contributed by atoms with van der Waals surface area (Å²) < 4.78 is 6.57. The second-order valence-corrected chi connectivity index (χ2v) is 5.31. The maximum Gasteiger partial charge on any atom is 0.135 e. The Bertz CT molecular complexity index is 703. The minimum atomic E-state index is 0.685. The van der Waals surface area contributed by atoms with E-state index in [-0.39, 0.29) is 0 Å². The number of aryl methyl sites for hydroxylation is 1. The van der Waals surface area contributed by atoms with Crippen molar-refractivity contribution in [3.63, 3.8) is 0 Å². The smallest absolute Gasteiger partial charge is 0.135 e. The minimum absolute atomic E-state index is 0.685. The predicted octanol–water partition coefficient (Wildman–Crippen LogP) is 2.99. The Balaban J connectivity index is 1.60. The number of hydrogen-bond donors (Lipinski definition) is 0. The number of hydrogen-bond acceptors (Lipinski definition) is 5. The maximum absolute atomic E-state index is 4.70. The molecule has 0 aliphatic carbocycles. The van der Waals surface area contributed by atoms with Crippen LogP contribution in [0.4, 0.5) is 0 Å². The van der Waals surface area contributed by atoms with Crippen molar-refractivity contribution in [2.24, 2.45) is 0 Å². The Kier molecular flexibility index (Phi) is 4.23. The van der Waals surface area contributed by atoms with Crippen LogP contribution in [0, 0.1) is 0 Å². The lowest BCUT2D eigenvalue weighted by atomic mass is 10.1. The van der Waals surface area contributed by atoms with Gasteiger partial charge in [-0.1, -0.05) is 37.5 Å². The maximum atomic E-state index is 4.70. The highest BCUT2D eigenvalue weighted by Gasteiger charge is 2.05. The van der Waals surface area contributed by atoms with Crippen molar-refractivity contribution in [1.29, 1.82) is 0 Å². The summed E-state index contributed by atoms with van der Waals surface area (Å²) in [6.07, 6.45) is 8.03. The number of unbranched alkanes of at least 4 members (excludes halogenated alkanes) is 3. The number of nitrogens with zero attached hydrogens (tertiary/aromatic N) is 5. The zero-order valence-corrected chi connectivity index (χ0v) is 12.2. The van der Waals surface area contributed by atoms with E-state index in [9.17, 15) is 0 Å². The monoisotopic (exact) mass is 285 g/mol. The van der Waals surface area contributed by atoms with Crippen LogP contribution in [-0.4, -0.2) is 25.3 Å². The third-order valence-corrected chi connectivity index (χ3v) is 3.54. The molecule has 0 unspecified atom stereocenters. The zero-order chi connectivity index (χ0) is 14.5. The summed E-state index contributed by atoms with van der Waals surface area (Å²) in [6, 6.07) is 5.88. The van der Waals surface area contributed by atoms with E-state index in [1.807, 2.05) is 29.1 Å². The summed E-state index contributed by atoms with van der Waals surface area (Å²) >= 11 is 0. The van der Waals surface area contributed by atoms with Gasteiger partial charge in [-0.3, -0.25) is 0 Å². The zero-order valence-electron chi connectivity index (χ0n) is 12.2. The highest BCUT2D eigenvalue weighted by Crippen LogP contribution is 2.13. The van der Waals surface area contributed by atoms with Gasteiger partial charge in [-0.25, -0.2) is 9.31 Å². The molecular weight excluding hydrogens is 266 g/mol. The Labute approximate surface area is 123 Å². The van der Waals surface area contributed by atoms with E-state index >= 15 is 0 Å². The van der Waals surface area contributed by atoms with Crippen LogP contribution < -0.4 is 0 Å². The molecule has 0 aliphatic rings. The molecule has 110 valence electrons. The average Bonchev–Trinajstić information content (AvgIpc) is 3.12. The van der Waals surface area contributed by atoms with Crippen LogP contribution in [0.5, 0.6) is 0 Å². The van der Waals surface area contributed by atoms with E-state index in [0.29, 0.717) is 6.54 Å². The van der Waals surface area contributed by atoms with E-state index in [4.69, 9.17) is 4.63 Å². The summed E-state index contributed by atoms with van der Waals surface area (Å²) in [5, 5.41) is 16.1. The van der Waals surface area contributed by atoms with Crippen LogP contribution in [-0.2, 0) is 13.0 Å². The first-order valence-electron chi connectivity index (χ1n) is 7.45. The van der Waals surface area contributed by atoms with Gasteiger partial charge in [-0.05, 0) is 40.9 Å². The fourth-order valence-corrected chi connectivity index (χ4v) is 2.38. The van der Waals surface area contributed by atoms with Gasteiger partial charge in [0.1, 0.15) is 11.0 Å². The van der Waals surface area contributed by atoms with Gasteiger partial charge in [-0.15, -0.1) is 5.10 Å². The molecule has 0 aliphatic heterocycles. The molecular formula is C15H19N5O. The van der Waals surface area contributed by atoms with E-state index in [0.717, 1.165) is 28.7 Å². The van der Waals surface area contributed by atoms with Crippen molar-refractivity contribution in [2.75, 3.05) is 0 Å². The van der Waals surface area contributed by atoms with E-state index in [1.165, 1.54) is 25.7 Å². The van der Waals surface area contributed by atoms with Crippen molar-refractivity contribution in [3.05, 3.63) is 35.7 Å². The lowest BCUT2D eigenvalue weighted by Crippen LogP contribution is -2.00. The topological polar surface area (TPSA) is 69.6 Å². The summed E-state index contributed by atoms with van der Waals surface area (Å²) in [6.45, 7) is 2.91. The minimum Gasteiger partial charge on any atom is -0.248 e. The van der Waals surface area contributed by atoms with Crippen molar-refractivity contribution in [3.8, 4) is 0 Å².